The van der Waals surface area contributed by atoms with Crippen molar-refractivity contribution in [2.75, 3.05) is 43.9 Å². The number of rotatable bonds is 5. The van der Waals surface area contributed by atoms with Crippen molar-refractivity contribution < 1.29 is 14.6 Å². The minimum atomic E-state index is -0.141. The Kier molecular flexibility index (Phi) is 5.55. The van der Waals surface area contributed by atoms with E-state index in [1.54, 1.807) is 0 Å². The number of nitrogens with one attached hydrogen (secondary N) is 1. The van der Waals surface area contributed by atoms with E-state index in [1.165, 1.54) is 0 Å². The van der Waals surface area contributed by atoms with Gasteiger partial charge in [0.15, 0.2) is 0 Å². The van der Waals surface area contributed by atoms with Crippen LogP contribution in [0.15, 0.2) is 18.2 Å². The molecule has 4 N–H and O–H groups in total. The number of hydrogen-bond acceptors (Lipinski definition) is 5. The van der Waals surface area contributed by atoms with Crippen molar-refractivity contribution in [3.8, 4) is 0 Å². The topological polar surface area (TPSA) is 87.8 Å². The summed E-state index contributed by atoms with van der Waals surface area (Å²) in [4.78, 5) is 14.1. The molecule has 0 spiro atoms. The summed E-state index contributed by atoms with van der Waals surface area (Å²) in [6.07, 6.45) is 0.268. The molecular formula is C15H23N3O3. The molecule has 1 aliphatic rings. The van der Waals surface area contributed by atoms with Crippen LogP contribution in [0, 0.1) is 6.92 Å². The molecule has 1 amide bonds. The molecule has 0 aliphatic carbocycles. The van der Waals surface area contributed by atoms with Gasteiger partial charge in [0.25, 0.3) is 0 Å². The Hall–Kier alpha value is -1.63. The number of nitrogens with two attached hydrogens (primary N) is 1. The number of anilines is 2. The fourth-order valence-corrected chi connectivity index (χ4v) is 2.36. The van der Waals surface area contributed by atoms with E-state index in [9.17, 15) is 4.79 Å². The van der Waals surface area contributed by atoms with Crippen molar-refractivity contribution >= 4 is 17.3 Å². The molecule has 0 saturated carbocycles. The third kappa shape index (κ3) is 4.42. The number of nitrogens with zero attached hydrogens (tertiary/aromatic N) is 1. The lowest BCUT2D eigenvalue weighted by Crippen LogP contribution is -2.44. The van der Waals surface area contributed by atoms with E-state index in [-0.39, 0.29) is 18.6 Å². The molecule has 6 heteroatoms. The Bertz CT molecular complexity index is 493. The number of morpholine rings is 1. The Morgan fingerprint density at radius 2 is 2.38 bits per heavy atom. The molecule has 116 valence electrons. The van der Waals surface area contributed by atoms with Gasteiger partial charge in [0.1, 0.15) is 0 Å². The van der Waals surface area contributed by atoms with E-state index < -0.39 is 0 Å². The molecule has 2 rings (SSSR count). The van der Waals surface area contributed by atoms with E-state index in [0.717, 1.165) is 17.8 Å². The molecular weight excluding hydrogens is 270 g/mol. The van der Waals surface area contributed by atoms with Crippen LogP contribution in [-0.2, 0) is 9.53 Å². The number of nitrogen functional groups attached to an aromatic ring is 1. The molecule has 1 aromatic rings. The maximum atomic E-state index is 12.0. The average Bonchev–Trinajstić information content (AvgIpc) is 2.50. The molecule has 21 heavy (non-hydrogen) atoms. The number of benzene rings is 1. The van der Waals surface area contributed by atoms with Gasteiger partial charge in [-0.25, -0.2) is 0 Å². The number of carbonyl (C=O) groups is 1. The Balaban J connectivity index is 1.81. The van der Waals surface area contributed by atoms with E-state index in [0.29, 0.717) is 31.8 Å². The van der Waals surface area contributed by atoms with Gasteiger partial charge in [-0.15, -0.1) is 0 Å². The number of carbonyl (C=O) groups excluding carboxylic acids is 1. The first-order chi connectivity index (χ1) is 10.1. The highest BCUT2D eigenvalue weighted by Gasteiger charge is 2.20. The first-order valence-electron chi connectivity index (χ1n) is 7.20. The minimum Gasteiger partial charge on any atom is -0.398 e. The van der Waals surface area contributed by atoms with E-state index in [2.05, 4.69) is 10.2 Å². The van der Waals surface area contributed by atoms with Crippen molar-refractivity contribution in [2.24, 2.45) is 0 Å². The predicted molar refractivity (Wildman–Crippen MR) is 82.1 cm³/mol. The van der Waals surface area contributed by atoms with Crippen molar-refractivity contribution in [1.82, 2.24) is 4.90 Å². The number of hydrogen-bond donors (Lipinski definition) is 3. The normalized spacial score (nSPS) is 19.4. The zero-order chi connectivity index (χ0) is 15.2. The molecule has 1 saturated heterocycles. The molecule has 0 radical (unpaired) electrons. The fraction of sp³-hybridized carbons (Fsp3) is 0.533. The summed E-state index contributed by atoms with van der Waals surface area (Å²) >= 11 is 0. The van der Waals surface area contributed by atoms with Gasteiger partial charge >= 0.3 is 0 Å². The van der Waals surface area contributed by atoms with Gasteiger partial charge in [0, 0.05) is 37.4 Å². The van der Waals surface area contributed by atoms with Crippen LogP contribution in [0.5, 0.6) is 0 Å². The zero-order valence-corrected chi connectivity index (χ0v) is 12.3. The summed E-state index contributed by atoms with van der Waals surface area (Å²) in [5.74, 6) is -0.0317. The summed E-state index contributed by atoms with van der Waals surface area (Å²) in [5.41, 5.74) is 8.14. The third-order valence-electron chi connectivity index (χ3n) is 3.73. The molecule has 0 bridgehead atoms. The smallest absolute Gasteiger partial charge is 0.225 e. The first-order valence-corrected chi connectivity index (χ1v) is 7.20. The number of aliphatic hydroxyl groups excluding tert-OH is 1. The Morgan fingerprint density at radius 3 is 3.14 bits per heavy atom. The molecule has 1 unspecified atom stereocenters. The van der Waals surface area contributed by atoms with E-state index in [4.69, 9.17) is 15.6 Å². The Labute approximate surface area is 124 Å². The maximum absolute atomic E-state index is 12.0. The van der Waals surface area contributed by atoms with Gasteiger partial charge in [0.05, 0.1) is 19.3 Å². The second-order valence-electron chi connectivity index (χ2n) is 5.29. The molecule has 1 fully saturated rings. The first kappa shape index (κ1) is 15.8. The summed E-state index contributed by atoms with van der Waals surface area (Å²) in [7, 11) is 0. The van der Waals surface area contributed by atoms with E-state index in [1.807, 2.05) is 25.1 Å². The highest BCUT2D eigenvalue weighted by molar-refractivity contribution is 5.92. The minimum absolute atomic E-state index is 0.0190. The van der Waals surface area contributed by atoms with Crippen molar-refractivity contribution in [1.29, 1.82) is 0 Å². The van der Waals surface area contributed by atoms with Crippen LogP contribution >= 0.6 is 0 Å². The average molecular weight is 293 g/mol. The van der Waals surface area contributed by atoms with E-state index >= 15 is 0 Å². The number of aliphatic hydroxyl groups is 1. The van der Waals surface area contributed by atoms with Gasteiger partial charge in [-0.2, -0.15) is 0 Å². The van der Waals surface area contributed by atoms with Crippen LogP contribution in [0.4, 0.5) is 11.4 Å². The third-order valence-corrected chi connectivity index (χ3v) is 3.73. The zero-order valence-electron chi connectivity index (χ0n) is 12.3. The SMILES string of the molecule is Cc1c(N)cccc1NC(=O)CCN1CCOC(CO)C1. The predicted octanol–water partition coefficient (Wildman–Crippen LogP) is 0.599. The van der Waals surface area contributed by atoms with Crippen LogP contribution in [0.1, 0.15) is 12.0 Å². The van der Waals surface area contributed by atoms with Crippen LogP contribution in [0.25, 0.3) is 0 Å². The monoisotopic (exact) mass is 293 g/mol. The largest absolute Gasteiger partial charge is 0.398 e. The fourth-order valence-electron chi connectivity index (χ4n) is 2.36. The highest BCUT2D eigenvalue weighted by Crippen LogP contribution is 2.20. The van der Waals surface area contributed by atoms with Crippen LogP contribution < -0.4 is 11.1 Å². The van der Waals surface area contributed by atoms with Crippen LogP contribution in [-0.4, -0.2) is 54.9 Å². The summed E-state index contributed by atoms with van der Waals surface area (Å²) in [6.45, 7) is 4.63. The van der Waals surface area contributed by atoms with Crippen LogP contribution in [0.3, 0.4) is 0 Å². The second-order valence-corrected chi connectivity index (χ2v) is 5.29. The van der Waals surface area contributed by atoms with Gasteiger partial charge < -0.3 is 20.9 Å². The molecule has 1 atom stereocenters. The van der Waals surface area contributed by atoms with Gasteiger partial charge in [-0.05, 0) is 24.6 Å². The van der Waals surface area contributed by atoms with Gasteiger partial charge in [0.2, 0.25) is 5.91 Å². The molecule has 1 aliphatic heterocycles. The quantitative estimate of drug-likeness (QED) is 0.692. The number of ether oxygens (including phenoxy) is 1. The lowest BCUT2D eigenvalue weighted by molar-refractivity contribution is -0.117. The maximum Gasteiger partial charge on any atom is 0.225 e. The molecule has 6 nitrogen and oxygen atoms in total. The van der Waals surface area contributed by atoms with Crippen LogP contribution in [0.2, 0.25) is 0 Å². The lowest BCUT2D eigenvalue weighted by Gasteiger charge is -2.31. The van der Waals surface area contributed by atoms with Crippen molar-refractivity contribution in [2.45, 2.75) is 19.4 Å². The van der Waals surface area contributed by atoms with Crippen molar-refractivity contribution in [3.63, 3.8) is 0 Å². The Morgan fingerprint density at radius 1 is 1.57 bits per heavy atom. The summed E-state index contributed by atoms with van der Waals surface area (Å²) in [6, 6.07) is 5.49. The molecule has 0 aromatic heterocycles. The summed E-state index contributed by atoms with van der Waals surface area (Å²) in [5, 5.41) is 12.0. The standard InChI is InChI=1S/C15H23N3O3/c1-11-13(16)3-2-4-14(11)17-15(20)5-6-18-7-8-21-12(9-18)10-19/h2-4,12,19H,5-10,16H2,1H3,(H,17,20). The molecule has 1 aromatic carbocycles. The van der Waals surface area contributed by atoms with Gasteiger partial charge in [-0.1, -0.05) is 6.07 Å². The van der Waals surface area contributed by atoms with Crippen molar-refractivity contribution in [3.05, 3.63) is 23.8 Å². The molecule has 1 heterocycles. The van der Waals surface area contributed by atoms with Gasteiger partial charge in [-0.3, -0.25) is 9.69 Å². The number of amides is 1. The lowest BCUT2D eigenvalue weighted by atomic mass is 10.1. The summed E-state index contributed by atoms with van der Waals surface area (Å²) < 4.78 is 5.38. The second kappa shape index (κ2) is 7.40. The highest BCUT2D eigenvalue weighted by atomic mass is 16.5.